The molecule has 6 nitrogen and oxygen atoms in total. The second-order valence-corrected chi connectivity index (χ2v) is 8.34. The van der Waals surface area contributed by atoms with Gasteiger partial charge >= 0.3 is 0 Å². The Morgan fingerprint density at radius 2 is 1.79 bits per heavy atom. The lowest BCUT2D eigenvalue weighted by molar-refractivity contribution is -0.133. The number of benzene rings is 1. The molecular weight excluding hydrogens is 352 g/mol. The van der Waals surface area contributed by atoms with E-state index >= 15 is 0 Å². The summed E-state index contributed by atoms with van der Waals surface area (Å²) in [6.45, 7) is 8.38. The van der Waals surface area contributed by atoms with Gasteiger partial charge in [0.05, 0.1) is 0 Å². The van der Waals surface area contributed by atoms with Gasteiger partial charge in [0.2, 0.25) is 11.8 Å². The predicted molar refractivity (Wildman–Crippen MR) is 112 cm³/mol. The van der Waals surface area contributed by atoms with E-state index in [0.717, 1.165) is 57.9 Å². The summed E-state index contributed by atoms with van der Waals surface area (Å²) in [5.74, 6) is 0.903. The Balaban J connectivity index is 1.42. The molecule has 2 aliphatic heterocycles. The largest absolute Gasteiger partial charge is 0.340 e. The number of piperazine rings is 1. The molecule has 1 aromatic carbocycles. The topological polar surface area (TPSA) is 55.9 Å². The van der Waals surface area contributed by atoms with E-state index in [-0.39, 0.29) is 5.91 Å². The number of nitrogens with one attached hydrogen (secondary N) is 1. The van der Waals surface area contributed by atoms with Crippen LogP contribution in [-0.2, 0) is 16.1 Å². The molecule has 0 saturated carbocycles. The van der Waals surface area contributed by atoms with E-state index < -0.39 is 0 Å². The van der Waals surface area contributed by atoms with Crippen molar-refractivity contribution < 1.29 is 9.59 Å². The quantitative estimate of drug-likeness (QED) is 0.816. The van der Waals surface area contributed by atoms with Crippen LogP contribution in [0.25, 0.3) is 0 Å². The predicted octanol–water partition coefficient (Wildman–Crippen LogP) is 2.41. The minimum Gasteiger partial charge on any atom is -0.340 e. The highest BCUT2D eigenvalue weighted by Gasteiger charge is 2.23. The van der Waals surface area contributed by atoms with Gasteiger partial charge < -0.3 is 15.1 Å². The van der Waals surface area contributed by atoms with Crippen LogP contribution in [0.5, 0.6) is 0 Å². The molecular formula is C22H34N4O2. The van der Waals surface area contributed by atoms with Crippen LogP contribution in [0.3, 0.4) is 0 Å². The van der Waals surface area contributed by atoms with Crippen molar-refractivity contribution in [1.82, 2.24) is 14.7 Å². The van der Waals surface area contributed by atoms with Crippen LogP contribution in [0.4, 0.5) is 5.69 Å². The number of hydrogen-bond donors (Lipinski definition) is 1. The van der Waals surface area contributed by atoms with Crippen molar-refractivity contribution >= 4 is 17.5 Å². The van der Waals surface area contributed by atoms with Crippen molar-refractivity contribution in [2.24, 2.45) is 5.92 Å². The van der Waals surface area contributed by atoms with Crippen molar-refractivity contribution in [1.29, 1.82) is 0 Å². The Kier molecular flexibility index (Phi) is 7.45. The Labute approximate surface area is 168 Å². The van der Waals surface area contributed by atoms with Crippen molar-refractivity contribution in [2.75, 3.05) is 51.6 Å². The third kappa shape index (κ3) is 6.31. The fraction of sp³-hybridized carbons (Fsp3) is 0.636. The zero-order valence-electron chi connectivity index (χ0n) is 17.3. The van der Waals surface area contributed by atoms with E-state index in [1.807, 2.05) is 17.0 Å². The highest BCUT2D eigenvalue weighted by Crippen LogP contribution is 2.23. The van der Waals surface area contributed by atoms with Gasteiger partial charge in [-0.05, 0) is 56.5 Å². The third-order valence-electron chi connectivity index (χ3n) is 5.91. The number of rotatable bonds is 6. The first-order valence-electron chi connectivity index (χ1n) is 10.5. The molecule has 3 rings (SSSR count). The molecule has 2 saturated heterocycles. The summed E-state index contributed by atoms with van der Waals surface area (Å²) >= 11 is 0. The Morgan fingerprint density at radius 3 is 2.46 bits per heavy atom. The first-order valence-corrected chi connectivity index (χ1v) is 10.5. The van der Waals surface area contributed by atoms with Crippen LogP contribution in [0.1, 0.15) is 38.2 Å². The molecule has 0 aromatic heterocycles. The molecule has 2 heterocycles. The van der Waals surface area contributed by atoms with Gasteiger partial charge in [-0.25, -0.2) is 0 Å². The number of amides is 2. The number of piperidine rings is 1. The van der Waals surface area contributed by atoms with E-state index in [2.05, 4.69) is 34.3 Å². The summed E-state index contributed by atoms with van der Waals surface area (Å²) in [5, 5.41) is 2.81. The fourth-order valence-electron chi connectivity index (χ4n) is 4.23. The average Bonchev–Trinajstić information content (AvgIpc) is 2.68. The molecule has 6 heteroatoms. The highest BCUT2D eigenvalue weighted by atomic mass is 16.2. The smallest absolute Gasteiger partial charge is 0.222 e. The minimum absolute atomic E-state index is 0.0438. The summed E-state index contributed by atoms with van der Waals surface area (Å²) in [5.41, 5.74) is 2.11. The minimum atomic E-state index is -0.0438. The van der Waals surface area contributed by atoms with Gasteiger partial charge in [-0.2, -0.15) is 0 Å². The second kappa shape index (κ2) is 10.0. The van der Waals surface area contributed by atoms with Crippen LogP contribution in [0.2, 0.25) is 0 Å². The van der Waals surface area contributed by atoms with Crippen LogP contribution >= 0.6 is 0 Å². The van der Waals surface area contributed by atoms with E-state index in [1.165, 1.54) is 25.3 Å². The molecule has 0 radical (unpaired) electrons. The first-order chi connectivity index (χ1) is 13.5. The lowest BCUT2D eigenvalue weighted by Crippen LogP contribution is -2.47. The molecule has 28 heavy (non-hydrogen) atoms. The Hall–Kier alpha value is -1.92. The van der Waals surface area contributed by atoms with Crippen LogP contribution < -0.4 is 5.32 Å². The van der Waals surface area contributed by atoms with Crippen molar-refractivity contribution in [3.05, 3.63) is 29.8 Å². The maximum Gasteiger partial charge on any atom is 0.222 e. The number of carbonyl (C=O) groups excluding carboxylic acids is 2. The van der Waals surface area contributed by atoms with Gasteiger partial charge in [-0.15, -0.1) is 0 Å². The van der Waals surface area contributed by atoms with Crippen molar-refractivity contribution in [3.8, 4) is 0 Å². The summed E-state index contributed by atoms with van der Waals surface area (Å²) in [6, 6.07) is 8.11. The molecule has 1 unspecified atom stereocenters. The number of hydrogen-bond acceptors (Lipinski definition) is 4. The molecule has 1 N–H and O–H groups in total. The van der Waals surface area contributed by atoms with Gasteiger partial charge in [0.1, 0.15) is 0 Å². The fourth-order valence-corrected chi connectivity index (χ4v) is 4.23. The van der Waals surface area contributed by atoms with Crippen molar-refractivity contribution in [2.45, 2.75) is 39.2 Å². The summed E-state index contributed by atoms with van der Waals surface area (Å²) < 4.78 is 0. The molecule has 154 valence electrons. The van der Waals surface area contributed by atoms with E-state index in [0.29, 0.717) is 18.2 Å². The molecule has 0 aliphatic carbocycles. The molecule has 0 spiro atoms. The maximum atomic E-state index is 12.5. The zero-order valence-corrected chi connectivity index (χ0v) is 17.3. The molecule has 0 bridgehead atoms. The lowest BCUT2D eigenvalue weighted by atomic mass is 9.92. The molecule has 1 atom stereocenters. The Bertz CT molecular complexity index is 653. The summed E-state index contributed by atoms with van der Waals surface area (Å²) in [4.78, 5) is 30.4. The zero-order chi connectivity index (χ0) is 19.9. The van der Waals surface area contributed by atoms with Crippen LogP contribution in [0, 0.1) is 5.92 Å². The van der Waals surface area contributed by atoms with E-state index in [9.17, 15) is 9.59 Å². The third-order valence-corrected chi connectivity index (χ3v) is 5.91. The number of nitrogens with zero attached hydrogens (tertiary/aromatic N) is 3. The summed E-state index contributed by atoms with van der Waals surface area (Å²) in [7, 11) is 2.12. The van der Waals surface area contributed by atoms with Gasteiger partial charge in [0, 0.05) is 58.3 Å². The monoisotopic (exact) mass is 386 g/mol. The maximum absolute atomic E-state index is 12.5. The summed E-state index contributed by atoms with van der Waals surface area (Å²) in [6.07, 6.45) is 4.13. The van der Waals surface area contributed by atoms with E-state index in [1.54, 1.807) is 0 Å². The van der Waals surface area contributed by atoms with Gasteiger partial charge in [0.15, 0.2) is 0 Å². The van der Waals surface area contributed by atoms with Gasteiger partial charge in [-0.3, -0.25) is 14.5 Å². The number of anilines is 1. The molecule has 2 aliphatic rings. The van der Waals surface area contributed by atoms with Crippen molar-refractivity contribution in [3.63, 3.8) is 0 Å². The lowest BCUT2D eigenvalue weighted by Gasteiger charge is -2.34. The Morgan fingerprint density at radius 1 is 1.07 bits per heavy atom. The molecule has 2 amide bonds. The normalized spacial score (nSPS) is 21.5. The molecule has 2 fully saturated rings. The number of likely N-dealkylation sites (tertiary alicyclic amines) is 1. The standard InChI is InChI=1S/C22H34N4O2/c1-18(27)23-21-8-5-20(6-9-21)17-25-11-3-4-19(16-25)7-10-22(28)26-14-12-24(2)13-15-26/h5-6,8-9,19H,3-4,7,10-17H2,1-2H3,(H,23,27). The number of likely N-dealkylation sites (N-methyl/N-ethyl adjacent to an activating group) is 1. The SMILES string of the molecule is CC(=O)Nc1ccc(CN2CCCC(CCC(=O)N3CCN(C)CC3)C2)cc1. The van der Waals surface area contributed by atoms with E-state index in [4.69, 9.17) is 0 Å². The molecule has 1 aromatic rings. The average molecular weight is 387 g/mol. The van der Waals surface area contributed by atoms with Gasteiger partial charge in [0.25, 0.3) is 0 Å². The van der Waals surface area contributed by atoms with Gasteiger partial charge in [-0.1, -0.05) is 12.1 Å². The second-order valence-electron chi connectivity index (χ2n) is 8.34. The number of carbonyl (C=O) groups is 2. The first kappa shape index (κ1) is 20.8. The van der Waals surface area contributed by atoms with Crippen LogP contribution in [0.15, 0.2) is 24.3 Å². The highest BCUT2D eigenvalue weighted by molar-refractivity contribution is 5.88. The van der Waals surface area contributed by atoms with Crippen LogP contribution in [-0.4, -0.2) is 72.8 Å².